The molecule has 0 spiro atoms. The van der Waals surface area contributed by atoms with Crippen molar-refractivity contribution in [3.8, 4) is 5.75 Å². The highest BCUT2D eigenvalue weighted by Crippen LogP contribution is 2.35. The highest BCUT2D eigenvalue weighted by Gasteiger charge is 2.29. The fourth-order valence-electron chi connectivity index (χ4n) is 4.17. The normalized spacial score (nSPS) is 22.5. The minimum Gasteiger partial charge on any atom is -0.475 e. The van der Waals surface area contributed by atoms with Crippen molar-refractivity contribution >= 4 is 10.8 Å². The van der Waals surface area contributed by atoms with E-state index in [-0.39, 0.29) is 6.23 Å². The molecule has 1 atom stereocenters. The first-order valence-corrected chi connectivity index (χ1v) is 8.72. The predicted molar refractivity (Wildman–Crippen MR) is 91.3 cm³/mol. The Labute approximate surface area is 133 Å². The number of fused-ring (bicyclic) bond motifs is 3. The van der Waals surface area contributed by atoms with E-state index in [2.05, 4.69) is 48.3 Å². The molecule has 1 aliphatic heterocycles. The Morgan fingerprint density at radius 1 is 0.955 bits per heavy atom. The zero-order valence-electron chi connectivity index (χ0n) is 13.4. The van der Waals surface area contributed by atoms with Crippen molar-refractivity contribution in [2.75, 3.05) is 7.05 Å². The van der Waals surface area contributed by atoms with Gasteiger partial charge >= 0.3 is 0 Å². The second-order valence-corrected chi connectivity index (χ2v) is 6.83. The van der Waals surface area contributed by atoms with Gasteiger partial charge in [-0.1, -0.05) is 49.6 Å². The largest absolute Gasteiger partial charge is 0.475 e. The van der Waals surface area contributed by atoms with Gasteiger partial charge in [0, 0.05) is 18.0 Å². The van der Waals surface area contributed by atoms with E-state index in [1.165, 1.54) is 48.4 Å². The lowest BCUT2D eigenvalue weighted by molar-refractivity contribution is -0.00942. The highest BCUT2D eigenvalue weighted by molar-refractivity contribution is 5.87. The fourth-order valence-corrected chi connectivity index (χ4v) is 4.17. The van der Waals surface area contributed by atoms with Crippen LogP contribution >= 0.6 is 0 Å². The van der Waals surface area contributed by atoms with Gasteiger partial charge in [-0.3, -0.25) is 4.90 Å². The van der Waals surface area contributed by atoms with Gasteiger partial charge < -0.3 is 4.74 Å². The third kappa shape index (κ3) is 2.50. The van der Waals surface area contributed by atoms with Crippen molar-refractivity contribution < 1.29 is 4.74 Å². The number of benzene rings is 2. The molecule has 0 saturated heterocycles. The van der Waals surface area contributed by atoms with Crippen molar-refractivity contribution in [1.29, 1.82) is 0 Å². The summed E-state index contributed by atoms with van der Waals surface area (Å²) in [4.78, 5) is 2.50. The Kier molecular flexibility index (Phi) is 3.79. The van der Waals surface area contributed by atoms with Gasteiger partial charge in [0.15, 0.2) is 6.23 Å². The summed E-state index contributed by atoms with van der Waals surface area (Å²) in [6, 6.07) is 13.7. The molecule has 2 nitrogen and oxygen atoms in total. The average molecular weight is 295 g/mol. The summed E-state index contributed by atoms with van der Waals surface area (Å²) in [7, 11) is 2.26. The molecule has 0 amide bonds. The maximum atomic E-state index is 6.38. The van der Waals surface area contributed by atoms with Gasteiger partial charge in [-0.25, -0.2) is 0 Å². The maximum absolute atomic E-state index is 6.38. The van der Waals surface area contributed by atoms with Crippen LogP contribution in [0.25, 0.3) is 10.8 Å². The summed E-state index contributed by atoms with van der Waals surface area (Å²) in [5.74, 6) is 1.10. The first kappa shape index (κ1) is 14.1. The number of hydrogen-bond acceptors (Lipinski definition) is 2. The number of hydrogen-bond donors (Lipinski definition) is 0. The van der Waals surface area contributed by atoms with Gasteiger partial charge in [-0.15, -0.1) is 0 Å². The average Bonchev–Trinajstić information content (AvgIpc) is 2.61. The summed E-state index contributed by atoms with van der Waals surface area (Å²) in [6.45, 7) is 0. The number of ether oxygens (including phenoxy) is 1. The standard InChI is InChI=1S/C20H25NO/c1-21(16-8-3-2-4-9-16)20-14-12-18-17-10-6-5-7-15(17)11-13-19(18)22-20/h5-7,10-11,13,16,20H,2-4,8-9,12,14H2,1H3. The number of rotatable bonds is 2. The first-order valence-electron chi connectivity index (χ1n) is 8.72. The molecule has 0 aromatic heterocycles. The predicted octanol–water partition coefficient (Wildman–Crippen LogP) is 4.76. The van der Waals surface area contributed by atoms with Crippen LogP contribution in [0.4, 0.5) is 0 Å². The van der Waals surface area contributed by atoms with Crippen LogP contribution in [0.3, 0.4) is 0 Å². The van der Waals surface area contributed by atoms with Crippen LogP contribution in [0, 0.1) is 0 Å². The van der Waals surface area contributed by atoms with Crippen LogP contribution in [0.15, 0.2) is 36.4 Å². The molecule has 2 aromatic carbocycles. The molecule has 2 heteroatoms. The Morgan fingerprint density at radius 2 is 1.77 bits per heavy atom. The molecule has 1 aliphatic carbocycles. The van der Waals surface area contributed by atoms with Crippen molar-refractivity contribution in [3.63, 3.8) is 0 Å². The SMILES string of the molecule is CN(C1CCCCC1)C1CCc2c(ccc3ccccc23)O1. The molecule has 0 bridgehead atoms. The lowest BCUT2D eigenvalue weighted by Gasteiger charge is -2.39. The summed E-state index contributed by atoms with van der Waals surface area (Å²) in [6.07, 6.45) is 9.31. The minimum atomic E-state index is 0.247. The van der Waals surface area contributed by atoms with Gasteiger partial charge in [0.1, 0.15) is 5.75 Å². The first-order chi connectivity index (χ1) is 10.8. The van der Waals surface area contributed by atoms with E-state index in [1.54, 1.807) is 0 Å². The highest BCUT2D eigenvalue weighted by atomic mass is 16.5. The van der Waals surface area contributed by atoms with Crippen molar-refractivity contribution in [2.24, 2.45) is 0 Å². The molecule has 1 heterocycles. The van der Waals surface area contributed by atoms with Crippen molar-refractivity contribution in [2.45, 2.75) is 57.2 Å². The van der Waals surface area contributed by atoms with Crippen LogP contribution in [0.5, 0.6) is 5.75 Å². The Balaban J connectivity index is 1.57. The van der Waals surface area contributed by atoms with Gasteiger partial charge in [0.25, 0.3) is 0 Å². The molecule has 1 fully saturated rings. The molecule has 0 radical (unpaired) electrons. The maximum Gasteiger partial charge on any atom is 0.153 e. The summed E-state index contributed by atoms with van der Waals surface area (Å²) < 4.78 is 6.38. The molecular formula is C20H25NO. The lowest BCUT2D eigenvalue weighted by atomic mass is 9.93. The van der Waals surface area contributed by atoms with Gasteiger partial charge in [-0.05, 0) is 43.1 Å². The zero-order chi connectivity index (χ0) is 14.9. The van der Waals surface area contributed by atoms with Crippen molar-refractivity contribution in [3.05, 3.63) is 42.0 Å². The van der Waals surface area contributed by atoms with Crippen LogP contribution in [-0.4, -0.2) is 24.2 Å². The zero-order valence-corrected chi connectivity index (χ0v) is 13.4. The Bertz CT molecular complexity index is 660. The molecule has 4 rings (SSSR count). The van der Waals surface area contributed by atoms with Gasteiger partial charge in [0.2, 0.25) is 0 Å². The summed E-state index contributed by atoms with van der Waals surface area (Å²) >= 11 is 0. The summed E-state index contributed by atoms with van der Waals surface area (Å²) in [5, 5.41) is 2.68. The van der Waals surface area contributed by atoms with E-state index >= 15 is 0 Å². The second-order valence-electron chi connectivity index (χ2n) is 6.83. The molecule has 22 heavy (non-hydrogen) atoms. The molecule has 2 aromatic rings. The molecular weight excluding hydrogens is 270 g/mol. The third-order valence-electron chi connectivity index (χ3n) is 5.51. The quantitative estimate of drug-likeness (QED) is 0.792. The lowest BCUT2D eigenvalue weighted by Crippen LogP contribution is -2.45. The van der Waals surface area contributed by atoms with Gasteiger partial charge in [-0.2, -0.15) is 0 Å². The van der Waals surface area contributed by atoms with E-state index < -0.39 is 0 Å². The van der Waals surface area contributed by atoms with Crippen molar-refractivity contribution in [1.82, 2.24) is 4.90 Å². The van der Waals surface area contributed by atoms with Crippen LogP contribution < -0.4 is 4.74 Å². The van der Waals surface area contributed by atoms with Crippen LogP contribution in [-0.2, 0) is 6.42 Å². The monoisotopic (exact) mass is 295 g/mol. The van der Waals surface area contributed by atoms with Crippen LogP contribution in [0.1, 0.15) is 44.1 Å². The van der Waals surface area contributed by atoms with Crippen LogP contribution in [0.2, 0.25) is 0 Å². The minimum absolute atomic E-state index is 0.247. The molecule has 0 N–H and O–H groups in total. The summed E-state index contributed by atoms with van der Waals surface area (Å²) in [5.41, 5.74) is 1.39. The van der Waals surface area contributed by atoms with E-state index in [0.717, 1.165) is 18.6 Å². The van der Waals surface area contributed by atoms with E-state index in [0.29, 0.717) is 6.04 Å². The topological polar surface area (TPSA) is 12.5 Å². The molecule has 116 valence electrons. The molecule has 1 saturated carbocycles. The molecule has 2 aliphatic rings. The Morgan fingerprint density at radius 3 is 2.64 bits per heavy atom. The second kappa shape index (κ2) is 5.92. The van der Waals surface area contributed by atoms with E-state index in [4.69, 9.17) is 4.74 Å². The fraction of sp³-hybridized carbons (Fsp3) is 0.500. The number of aryl methyl sites for hydroxylation is 1. The molecule has 1 unspecified atom stereocenters. The van der Waals surface area contributed by atoms with Gasteiger partial charge in [0.05, 0.1) is 0 Å². The third-order valence-corrected chi connectivity index (χ3v) is 5.51. The number of nitrogens with zero attached hydrogens (tertiary/aromatic N) is 1. The van der Waals surface area contributed by atoms with E-state index in [1.807, 2.05) is 0 Å². The Hall–Kier alpha value is -1.54. The smallest absolute Gasteiger partial charge is 0.153 e. The van der Waals surface area contributed by atoms with E-state index in [9.17, 15) is 0 Å².